The number of nitrogens with one attached hydrogen (secondary N) is 1. The maximum Gasteiger partial charge on any atom is 0.341 e. The molecule has 0 spiro atoms. The number of aliphatic hydroxyl groups is 1. The molecule has 0 saturated heterocycles. The molecule has 0 heterocycles. The number of carbonyl (C=O) groups excluding carboxylic acids is 1. The highest BCUT2D eigenvalue weighted by Crippen LogP contribution is 2.36. The van der Waals surface area contributed by atoms with Gasteiger partial charge in [-0.1, -0.05) is 72.3 Å². The molecule has 0 aromatic heterocycles. The van der Waals surface area contributed by atoms with Crippen LogP contribution in [-0.4, -0.2) is 42.0 Å². The topological polar surface area (TPSA) is 117 Å². The van der Waals surface area contributed by atoms with Gasteiger partial charge in [0.15, 0.2) is 23.7 Å². The average Bonchev–Trinajstić information content (AvgIpc) is 2.83. The zero-order chi connectivity index (χ0) is 23.8. The van der Waals surface area contributed by atoms with Crippen LogP contribution < -0.4 is 14.9 Å². The lowest BCUT2D eigenvalue weighted by Gasteiger charge is -2.27. The molecule has 3 N–H and O–H groups in total. The maximum absolute atomic E-state index is 13.0. The summed E-state index contributed by atoms with van der Waals surface area (Å²) in [4.78, 5) is 23.8. The van der Waals surface area contributed by atoms with Crippen molar-refractivity contribution in [2.45, 2.75) is 5.60 Å². The van der Waals surface area contributed by atoms with Crippen LogP contribution in [0.1, 0.15) is 16.7 Å². The molecule has 1 amide bonds. The van der Waals surface area contributed by atoms with Gasteiger partial charge in [0.05, 0.1) is 18.3 Å². The number of hydrogen-bond donors (Lipinski definition) is 3. The van der Waals surface area contributed by atoms with Crippen molar-refractivity contribution in [2.75, 3.05) is 13.7 Å². The number of methoxy groups -OCH3 is 1. The predicted molar refractivity (Wildman–Crippen MR) is 123 cm³/mol. The molecule has 0 radical (unpaired) electrons. The molecule has 0 saturated carbocycles. The van der Waals surface area contributed by atoms with Gasteiger partial charge >= 0.3 is 5.97 Å². The van der Waals surface area contributed by atoms with Crippen LogP contribution in [0, 0.1) is 0 Å². The van der Waals surface area contributed by atoms with Gasteiger partial charge < -0.3 is 19.7 Å². The normalized spacial score (nSPS) is 11.2. The highest BCUT2D eigenvalue weighted by atomic mass is 35.5. The quantitative estimate of drug-likeness (QED) is 0.328. The average molecular weight is 469 g/mol. The maximum atomic E-state index is 13.0. The molecule has 33 heavy (non-hydrogen) atoms. The van der Waals surface area contributed by atoms with Crippen LogP contribution in [0.4, 0.5) is 0 Å². The number of carbonyl (C=O) groups is 2. The number of benzene rings is 3. The molecule has 0 aliphatic rings. The molecular weight excluding hydrogens is 448 g/mol. The first-order valence-corrected chi connectivity index (χ1v) is 10.1. The third-order valence-corrected chi connectivity index (χ3v) is 4.96. The number of nitrogens with zero attached hydrogens (tertiary/aromatic N) is 1. The molecule has 0 unspecified atom stereocenters. The number of aliphatic carboxylic acids is 1. The number of amides is 1. The molecule has 0 fully saturated rings. The minimum absolute atomic E-state index is 0.0743. The number of carboxylic acids is 1. The number of halogens is 1. The summed E-state index contributed by atoms with van der Waals surface area (Å²) in [5, 5.41) is 24.2. The molecule has 0 aliphatic heterocycles. The fourth-order valence-corrected chi connectivity index (χ4v) is 3.40. The minimum Gasteiger partial charge on any atom is -0.493 e. The van der Waals surface area contributed by atoms with Crippen LogP contribution in [0.2, 0.25) is 5.02 Å². The van der Waals surface area contributed by atoms with E-state index in [-0.39, 0.29) is 16.5 Å². The van der Waals surface area contributed by atoms with E-state index in [1.54, 1.807) is 60.7 Å². The summed E-state index contributed by atoms with van der Waals surface area (Å²) in [6.45, 7) is -0.586. The summed E-state index contributed by atoms with van der Waals surface area (Å²) in [6.07, 6.45) is 1.31. The third kappa shape index (κ3) is 5.49. The fraction of sp³-hybridized carbons (Fsp3) is 0.125. The lowest BCUT2D eigenvalue weighted by Crippen LogP contribution is -2.43. The van der Waals surface area contributed by atoms with Crippen LogP contribution in [0.3, 0.4) is 0 Å². The van der Waals surface area contributed by atoms with E-state index in [0.717, 1.165) is 0 Å². The summed E-state index contributed by atoms with van der Waals surface area (Å²) in [6, 6.07) is 20.0. The van der Waals surface area contributed by atoms with Gasteiger partial charge in [-0.3, -0.25) is 4.79 Å². The SMILES string of the molecule is COc1cc(/C=N/NC(=O)C(O)(c2ccccc2)c2ccccc2)cc(Cl)c1OCC(=O)O. The molecule has 9 heteroatoms. The highest BCUT2D eigenvalue weighted by Gasteiger charge is 2.39. The van der Waals surface area contributed by atoms with Gasteiger partial charge in [0.2, 0.25) is 0 Å². The Morgan fingerprint density at radius 3 is 2.15 bits per heavy atom. The zero-order valence-electron chi connectivity index (χ0n) is 17.6. The monoisotopic (exact) mass is 468 g/mol. The van der Waals surface area contributed by atoms with E-state index < -0.39 is 24.1 Å². The second-order valence-electron chi connectivity index (χ2n) is 6.86. The first-order chi connectivity index (χ1) is 15.9. The largest absolute Gasteiger partial charge is 0.493 e. The van der Waals surface area contributed by atoms with Gasteiger partial charge in [-0.2, -0.15) is 5.10 Å². The minimum atomic E-state index is -1.97. The van der Waals surface area contributed by atoms with Crippen molar-refractivity contribution in [1.82, 2.24) is 5.43 Å². The molecule has 0 aliphatic carbocycles. The summed E-state index contributed by atoms with van der Waals surface area (Å²) in [5.74, 6) is -1.65. The Morgan fingerprint density at radius 1 is 1.06 bits per heavy atom. The molecular formula is C24H21ClN2O6. The zero-order valence-corrected chi connectivity index (χ0v) is 18.3. The van der Waals surface area contributed by atoms with Crippen molar-refractivity contribution in [3.05, 3.63) is 94.5 Å². The van der Waals surface area contributed by atoms with Crippen molar-refractivity contribution in [3.8, 4) is 11.5 Å². The van der Waals surface area contributed by atoms with E-state index in [1.807, 2.05) is 0 Å². The van der Waals surface area contributed by atoms with Gasteiger partial charge in [0, 0.05) is 0 Å². The van der Waals surface area contributed by atoms with Crippen molar-refractivity contribution in [3.63, 3.8) is 0 Å². The summed E-state index contributed by atoms with van der Waals surface area (Å²) >= 11 is 6.18. The molecule has 3 aromatic rings. The van der Waals surface area contributed by atoms with Gasteiger partial charge in [0.25, 0.3) is 5.91 Å². The van der Waals surface area contributed by atoms with Crippen LogP contribution in [0.25, 0.3) is 0 Å². The second kappa shape index (κ2) is 10.6. The Labute approximate surface area is 195 Å². The van der Waals surface area contributed by atoms with Crippen molar-refractivity contribution >= 4 is 29.7 Å². The van der Waals surface area contributed by atoms with Crippen molar-refractivity contribution in [2.24, 2.45) is 5.10 Å². The Morgan fingerprint density at radius 2 is 1.64 bits per heavy atom. The Hall–Kier alpha value is -3.88. The van der Waals surface area contributed by atoms with Crippen molar-refractivity contribution in [1.29, 1.82) is 0 Å². The number of ether oxygens (including phenoxy) is 2. The van der Waals surface area contributed by atoms with Gasteiger partial charge in [-0.25, -0.2) is 10.2 Å². The first kappa shape index (κ1) is 23.8. The fourth-order valence-electron chi connectivity index (χ4n) is 3.12. The highest BCUT2D eigenvalue weighted by molar-refractivity contribution is 6.32. The molecule has 170 valence electrons. The Balaban J connectivity index is 1.84. The smallest absolute Gasteiger partial charge is 0.341 e. The van der Waals surface area contributed by atoms with E-state index >= 15 is 0 Å². The van der Waals surface area contributed by atoms with E-state index in [1.165, 1.54) is 25.5 Å². The lowest BCUT2D eigenvalue weighted by atomic mass is 9.85. The predicted octanol–water partition coefficient (Wildman–Crippen LogP) is 3.20. The first-order valence-electron chi connectivity index (χ1n) is 9.75. The van der Waals surface area contributed by atoms with Crippen molar-refractivity contribution < 1.29 is 29.3 Å². The number of hydrazone groups is 1. The van der Waals surface area contributed by atoms with E-state index in [0.29, 0.717) is 16.7 Å². The second-order valence-corrected chi connectivity index (χ2v) is 7.27. The summed E-state index contributed by atoms with van der Waals surface area (Å²) in [7, 11) is 1.38. The molecule has 3 aromatic carbocycles. The van der Waals surface area contributed by atoms with Crippen LogP contribution in [0.5, 0.6) is 11.5 Å². The summed E-state index contributed by atoms with van der Waals surface area (Å²) < 4.78 is 10.4. The lowest BCUT2D eigenvalue weighted by molar-refractivity contribution is -0.139. The number of hydrogen-bond acceptors (Lipinski definition) is 6. The van der Waals surface area contributed by atoms with Gasteiger partial charge in [0.1, 0.15) is 0 Å². The van der Waals surface area contributed by atoms with E-state index in [2.05, 4.69) is 10.5 Å². The molecule has 0 bridgehead atoms. The Bertz CT molecular complexity index is 1110. The number of carboxylic acid groups (broad SMARTS) is 1. The Kier molecular flexibility index (Phi) is 7.66. The standard InChI is InChI=1S/C24H21ClN2O6/c1-32-20-13-16(12-19(25)22(20)33-15-21(28)29)14-26-27-23(30)24(31,17-8-4-2-5-9-17)18-10-6-3-7-11-18/h2-14,31H,15H2,1H3,(H,27,30)(H,28,29)/b26-14+. The summed E-state index contributed by atoms with van der Waals surface area (Å²) in [5.41, 5.74) is 1.61. The molecule has 0 atom stereocenters. The van der Waals surface area contributed by atoms with E-state index in [9.17, 15) is 14.7 Å². The third-order valence-electron chi connectivity index (χ3n) is 4.68. The van der Waals surface area contributed by atoms with Crippen LogP contribution in [-0.2, 0) is 15.2 Å². The number of rotatable bonds is 9. The van der Waals surface area contributed by atoms with Gasteiger partial charge in [-0.05, 0) is 28.8 Å². The molecule has 8 nitrogen and oxygen atoms in total. The molecule has 3 rings (SSSR count). The van der Waals surface area contributed by atoms with Crippen LogP contribution in [0.15, 0.2) is 77.9 Å². The van der Waals surface area contributed by atoms with Gasteiger partial charge in [-0.15, -0.1) is 0 Å². The van der Waals surface area contributed by atoms with E-state index in [4.69, 9.17) is 26.2 Å². The van der Waals surface area contributed by atoms with Crippen LogP contribution >= 0.6 is 11.6 Å².